The van der Waals surface area contributed by atoms with E-state index in [1.807, 2.05) is 0 Å². The quantitative estimate of drug-likeness (QED) is 0.512. The maximum atomic E-state index is 10.9. The van der Waals surface area contributed by atoms with Crippen molar-refractivity contribution in [1.29, 1.82) is 0 Å². The molecule has 0 aromatic carbocycles. The molecule has 1 aliphatic carbocycles. The first-order valence-electron chi connectivity index (χ1n) is 4.85. The predicted molar refractivity (Wildman–Crippen MR) is 52.0 cm³/mol. The zero-order chi connectivity index (χ0) is 9.90. The van der Waals surface area contributed by atoms with E-state index in [4.69, 9.17) is 4.18 Å². The summed E-state index contributed by atoms with van der Waals surface area (Å²) in [7, 11) is -3.26. The summed E-state index contributed by atoms with van der Waals surface area (Å²) in [5.41, 5.74) is 0. The van der Waals surface area contributed by atoms with Crippen LogP contribution < -0.4 is 0 Å². The zero-order valence-corrected chi connectivity index (χ0v) is 9.14. The van der Waals surface area contributed by atoms with Crippen LogP contribution in [0.5, 0.6) is 0 Å². The van der Waals surface area contributed by atoms with Gasteiger partial charge in [0.25, 0.3) is 10.1 Å². The van der Waals surface area contributed by atoms with E-state index in [0.29, 0.717) is 5.92 Å². The second kappa shape index (κ2) is 4.42. The van der Waals surface area contributed by atoms with Crippen molar-refractivity contribution < 1.29 is 12.6 Å². The maximum absolute atomic E-state index is 10.9. The SMILES string of the molecule is CC1CCCC(OS(C)(=O)=O)CC1. The lowest BCUT2D eigenvalue weighted by molar-refractivity contribution is 0.192. The third-order valence-corrected chi connectivity index (χ3v) is 3.14. The van der Waals surface area contributed by atoms with Crippen molar-refractivity contribution in [3.05, 3.63) is 0 Å². The Balaban J connectivity index is 2.43. The highest BCUT2D eigenvalue weighted by Crippen LogP contribution is 2.25. The van der Waals surface area contributed by atoms with Gasteiger partial charge < -0.3 is 0 Å². The molecular formula is C9H18O3S. The van der Waals surface area contributed by atoms with Crippen molar-refractivity contribution in [2.75, 3.05) is 6.26 Å². The third-order valence-electron chi connectivity index (χ3n) is 2.52. The Hall–Kier alpha value is -0.0900. The van der Waals surface area contributed by atoms with Crippen molar-refractivity contribution in [1.82, 2.24) is 0 Å². The molecule has 0 N–H and O–H groups in total. The topological polar surface area (TPSA) is 43.4 Å². The monoisotopic (exact) mass is 206 g/mol. The van der Waals surface area contributed by atoms with E-state index in [-0.39, 0.29) is 6.10 Å². The van der Waals surface area contributed by atoms with Crippen LogP contribution in [-0.4, -0.2) is 20.8 Å². The lowest BCUT2D eigenvalue weighted by atomic mass is 10.0. The van der Waals surface area contributed by atoms with Gasteiger partial charge in [0.2, 0.25) is 0 Å². The van der Waals surface area contributed by atoms with Crippen LogP contribution in [0.4, 0.5) is 0 Å². The lowest BCUT2D eigenvalue weighted by Crippen LogP contribution is -2.16. The molecule has 1 saturated carbocycles. The molecule has 0 aromatic rings. The summed E-state index contributed by atoms with van der Waals surface area (Å²) < 4.78 is 26.7. The molecule has 0 saturated heterocycles. The molecule has 13 heavy (non-hydrogen) atoms. The minimum Gasteiger partial charge on any atom is -0.267 e. The standard InChI is InChI=1S/C9H18O3S/c1-8-4-3-5-9(7-6-8)12-13(2,10)11/h8-9H,3-7H2,1-2H3. The van der Waals surface area contributed by atoms with Crippen LogP contribution in [0, 0.1) is 5.92 Å². The van der Waals surface area contributed by atoms with Gasteiger partial charge in [-0.2, -0.15) is 8.42 Å². The first-order valence-corrected chi connectivity index (χ1v) is 6.67. The molecule has 2 atom stereocenters. The average Bonchev–Trinajstić information content (AvgIpc) is 2.12. The van der Waals surface area contributed by atoms with E-state index >= 15 is 0 Å². The Morgan fingerprint density at radius 1 is 1.15 bits per heavy atom. The summed E-state index contributed by atoms with van der Waals surface area (Å²) >= 11 is 0. The van der Waals surface area contributed by atoms with Crippen LogP contribution in [0.25, 0.3) is 0 Å². The second-order valence-corrected chi connectivity index (χ2v) is 5.64. The van der Waals surface area contributed by atoms with Crippen molar-refractivity contribution in [3.8, 4) is 0 Å². The van der Waals surface area contributed by atoms with Crippen LogP contribution in [0.15, 0.2) is 0 Å². The minimum atomic E-state index is -3.26. The van der Waals surface area contributed by atoms with Gasteiger partial charge in [-0.25, -0.2) is 0 Å². The van der Waals surface area contributed by atoms with Crippen LogP contribution >= 0.6 is 0 Å². The van der Waals surface area contributed by atoms with Gasteiger partial charge in [-0.15, -0.1) is 0 Å². The summed E-state index contributed by atoms with van der Waals surface area (Å²) in [6.07, 6.45) is 6.19. The van der Waals surface area contributed by atoms with E-state index in [9.17, 15) is 8.42 Å². The van der Waals surface area contributed by atoms with Gasteiger partial charge >= 0.3 is 0 Å². The number of hydrogen-bond donors (Lipinski definition) is 0. The molecule has 1 fully saturated rings. The number of hydrogen-bond acceptors (Lipinski definition) is 3. The molecule has 78 valence electrons. The Morgan fingerprint density at radius 2 is 1.85 bits per heavy atom. The first kappa shape index (κ1) is 11.0. The summed E-state index contributed by atoms with van der Waals surface area (Å²) in [5, 5.41) is 0. The molecule has 1 rings (SSSR count). The van der Waals surface area contributed by atoms with Crippen molar-refractivity contribution in [3.63, 3.8) is 0 Å². The molecule has 0 bridgehead atoms. The largest absolute Gasteiger partial charge is 0.267 e. The van der Waals surface area contributed by atoms with Gasteiger partial charge in [-0.05, 0) is 25.2 Å². The van der Waals surface area contributed by atoms with Crippen LogP contribution in [-0.2, 0) is 14.3 Å². The molecule has 0 heterocycles. The second-order valence-electron chi connectivity index (χ2n) is 4.04. The van der Waals surface area contributed by atoms with Gasteiger partial charge in [-0.3, -0.25) is 4.18 Å². The fourth-order valence-electron chi connectivity index (χ4n) is 1.80. The van der Waals surface area contributed by atoms with E-state index < -0.39 is 10.1 Å². The summed E-state index contributed by atoms with van der Waals surface area (Å²) in [6, 6.07) is 0. The average molecular weight is 206 g/mol. The third kappa shape index (κ3) is 4.62. The molecule has 3 nitrogen and oxygen atoms in total. The predicted octanol–water partition coefficient (Wildman–Crippen LogP) is 1.93. The summed E-state index contributed by atoms with van der Waals surface area (Å²) in [6.45, 7) is 2.21. The van der Waals surface area contributed by atoms with Crippen LogP contribution in [0.1, 0.15) is 39.0 Å². The summed E-state index contributed by atoms with van der Waals surface area (Å²) in [5.74, 6) is 0.716. The molecule has 0 amide bonds. The molecule has 0 aliphatic heterocycles. The van der Waals surface area contributed by atoms with E-state index in [2.05, 4.69) is 6.92 Å². The highest BCUT2D eigenvalue weighted by Gasteiger charge is 2.19. The normalized spacial score (nSPS) is 31.2. The molecular weight excluding hydrogens is 188 g/mol. The van der Waals surface area contributed by atoms with Gasteiger partial charge in [0.05, 0.1) is 12.4 Å². The minimum absolute atomic E-state index is 0.0695. The highest BCUT2D eigenvalue weighted by molar-refractivity contribution is 7.86. The Bertz CT molecular complexity index is 246. The molecule has 0 spiro atoms. The maximum Gasteiger partial charge on any atom is 0.264 e. The van der Waals surface area contributed by atoms with Gasteiger partial charge in [0, 0.05) is 0 Å². The zero-order valence-electron chi connectivity index (χ0n) is 8.32. The fraction of sp³-hybridized carbons (Fsp3) is 1.00. The Kier molecular flexibility index (Phi) is 3.74. The molecule has 0 radical (unpaired) electrons. The Morgan fingerprint density at radius 3 is 2.46 bits per heavy atom. The van der Waals surface area contributed by atoms with E-state index in [0.717, 1.165) is 31.9 Å². The molecule has 2 unspecified atom stereocenters. The number of rotatable bonds is 2. The Labute approximate surface area is 80.6 Å². The van der Waals surface area contributed by atoms with Crippen molar-refractivity contribution in [2.24, 2.45) is 5.92 Å². The fourth-order valence-corrected chi connectivity index (χ4v) is 2.48. The van der Waals surface area contributed by atoms with Gasteiger partial charge in [0.1, 0.15) is 0 Å². The van der Waals surface area contributed by atoms with Crippen LogP contribution in [0.3, 0.4) is 0 Å². The van der Waals surface area contributed by atoms with Crippen molar-refractivity contribution >= 4 is 10.1 Å². The van der Waals surface area contributed by atoms with E-state index in [1.165, 1.54) is 6.42 Å². The highest BCUT2D eigenvalue weighted by atomic mass is 32.2. The molecule has 1 aliphatic rings. The molecule has 4 heteroatoms. The van der Waals surface area contributed by atoms with E-state index in [1.54, 1.807) is 0 Å². The van der Waals surface area contributed by atoms with Gasteiger partial charge in [0.15, 0.2) is 0 Å². The smallest absolute Gasteiger partial charge is 0.264 e. The van der Waals surface area contributed by atoms with Crippen molar-refractivity contribution in [2.45, 2.75) is 45.1 Å². The van der Waals surface area contributed by atoms with Gasteiger partial charge in [-0.1, -0.05) is 19.8 Å². The lowest BCUT2D eigenvalue weighted by Gasteiger charge is -2.12. The first-order chi connectivity index (χ1) is 5.97. The molecule has 0 aromatic heterocycles. The van der Waals surface area contributed by atoms with Crippen LogP contribution in [0.2, 0.25) is 0 Å². The summed E-state index contributed by atoms with van der Waals surface area (Å²) in [4.78, 5) is 0.